The van der Waals surface area contributed by atoms with E-state index >= 15 is 0 Å². The number of hydrogen-bond donors (Lipinski definition) is 2. The van der Waals surface area contributed by atoms with E-state index in [4.69, 9.17) is 9.26 Å². The second-order valence-electron chi connectivity index (χ2n) is 5.49. The molecule has 0 saturated carbocycles. The van der Waals surface area contributed by atoms with Gasteiger partial charge < -0.3 is 14.6 Å². The lowest BCUT2D eigenvalue weighted by atomic mass is 10.2. The van der Waals surface area contributed by atoms with Gasteiger partial charge in [-0.3, -0.25) is 4.79 Å². The van der Waals surface area contributed by atoms with Crippen molar-refractivity contribution in [2.45, 2.75) is 11.4 Å². The summed E-state index contributed by atoms with van der Waals surface area (Å²) >= 11 is 0. The van der Waals surface area contributed by atoms with Crippen LogP contribution in [0.15, 0.2) is 70.2 Å². The number of rotatable bonds is 7. The summed E-state index contributed by atoms with van der Waals surface area (Å²) in [5.41, 5.74) is 0.685. The van der Waals surface area contributed by atoms with Crippen LogP contribution in [0.4, 0.5) is 5.69 Å². The Balaban J connectivity index is 1.77. The second-order valence-corrected chi connectivity index (χ2v) is 7.25. The molecule has 0 unspecified atom stereocenters. The Kier molecular flexibility index (Phi) is 5.53. The predicted molar refractivity (Wildman–Crippen MR) is 97.9 cm³/mol. The van der Waals surface area contributed by atoms with Crippen LogP contribution in [0.3, 0.4) is 0 Å². The van der Waals surface area contributed by atoms with E-state index in [1.807, 2.05) is 0 Å². The molecule has 0 atom stereocenters. The quantitative estimate of drug-likeness (QED) is 0.644. The lowest BCUT2D eigenvalue weighted by molar-refractivity contribution is 0.102. The molecule has 0 saturated heterocycles. The van der Waals surface area contributed by atoms with Crippen molar-refractivity contribution in [3.63, 3.8) is 0 Å². The number of hydrogen-bond acceptors (Lipinski definition) is 6. The topological polar surface area (TPSA) is 111 Å². The van der Waals surface area contributed by atoms with E-state index in [-0.39, 0.29) is 17.0 Å². The van der Waals surface area contributed by atoms with E-state index in [0.29, 0.717) is 17.2 Å². The molecule has 9 heteroatoms. The van der Waals surface area contributed by atoms with Gasteiger partial charge in [0.05, 0.1) is 30.4 Å². The van der Waals surface area contributed by atoms with Gasteiger partial charge in [0.1, 0.15) is 5.75 Å². The highest BCUT2D eigenvalue weighted by molar-refractivity contribution is 7.89. The molecule has 3 rings (SSSR count). The number of carbonyl (C=O) groups excluding carboxylic acids is 1. The largest absolute Gasteiger partial charge is 0.495 e. The Hall–Kier alpha value is -3.17. The molecule has 0 radical (unpaired) electrons. The van der Waals surface area contributed by atoms with Gasteiger partial charge in [0.2, 0.25) is 10.0 Å². The normalized spacial score (nSPS) is 11.1. The first-order valence-electron chi connectivity index (χ1n) is 7.93. The summed E-state index contributed by atoms with van der Waals surface area (Å²) < 4.78 is 37.3. The number of carbonyl (C=O) groups is 1. The van der Waals surface area contributed by atoms with Crippen LogP contribution in [-0.2, 0) is 16.6 Å². The fraction of sp³-hybridized carbons (Fsp3) is 0.111. The Morgan fingerprint density at radius 3 is 2.70 bits per heavy atom. The van der Waals surface area contributed by atoms with Crippen LogP contribution in [0.2, 0.25) is 0 Å². The van der Waals surface area contributed by atoms with Gasteiger partial charge >= 0.3 is 0 Å². The molecule has 0 aliphatic carbocycles. The molecule has 3 aromatic rings. The van der Waals surface area contributed by atoms with Crippen LogP contribution in [0.5, 0.6) is 5.75 Å². The number of sulfonamides is 1. The molecule has 0 aliphatic rings. The third-order valence-corrected chi connectivity index (χ3v) is 5.09. The molecule has 1 amide bonds. The molecule has 0 spiro atoms. The van der Waals surface area contributed by atoms with Crippen molar-refractivity contribution in [3.05, 3.63) is 72.1 Å². The first-order valence-corrected chi connectivity index (χ1v) is 9.41. The van der Waals surface area contributed by atoms with Crippen LogP contribution >= 0.6 is 0 Å². The number of benzene rings is 2. The van der Waals surface area contributed by atoms with Crippen LogP contribution in [-0.4, -0.2) is 26.6 Å². The van der Waals surface area contributed by atoms with Crippen molar-refractivity contribution in [2.24, 2.45) is 0 Å². The molecule has 27 heavy (non-hydrogen) atoms. The molecule has 2 aromatic carbocycles. The van der Waals surface area contributed by atoms with Crippen LogP contribution in [0.25, 0.3) is 0 Å². The lowest BCUT2D eigenvalue weighted by Crippen LogP contribution is -2.23. The summed E-state index contributed by atoms with van der Waals surface area (Å²) in [5, 5.41) is 6.22. The number of nitrogens with zero attached hydrogens (tertiary/aromatic N) is 1. The zero-order chi connectivity index (χ0) is 19.3. The van der Waals surface area contributed by atoms with Gasteiger partial charge in [-0.2, -0.15) is 0 Å². The third kappa shape index (κ3) is 4.52. The van der Waals surface area contributed by atoms with Crippen molar-refractivity contribution < 1.29 is 22.5 Å². The van der Waals surface area contributed by atoms with E-state index in [9.17, 15) is 13.2 Å². The summed E-state index contributed by atoms with van der Waals surface area (Å²) in [7, 11) is -2.32. The van der Waals surface area contributed by atoms with Crippen molar-refractivity contribution in [1.29, 1.82) is 0 Å². The van der Waals surface area contributed by atoms with E-state index < -0.39 is 15.9 Å². The van der Waals surface area contributed by atoms with Gasteiger partial charge in [-0.05, 0) is 30.3 Å². The molecule has 8 nitrogen and oxygen atoms in total. The molecule has 1 aromatic heterocycles. The first kappa shape index (κ1) is 18.6. The van der Waals surface area contributed by atoms with Gasteiger partial charge in [0, 0.05) is 11.6 Å². The molecule has 2 N–H and O–H groups in total. The number of methoxy groups -OCH3 is 1. The van der Waals surface area contributed by atoms with Crippen LogP contribution in [0, 0.1) is 0 Å². The van der Waals surface area contributed by atoms with E-state index in [2.05, 4.69) is 15.2 Å². The summed E-state index contributed by atoms with van der Waals surface area (Å²) in [6, 6.07) is 14.2. The SMILES string of the molecule is COc1ccccc1NC(=O)c1cccc(S(=O)(=O)NCc2ccno2)c1. The average Bonchev–Trinajstić information content (AvgIpc) is 3.21. The van der Waals surface area contributed by atoms with E-state index in [1.165, 1.54) is 37.6 Å². The van der Waals surface area contributed by atoms with Crippen molar-refractivity contribution >= 4 is 21.6 Å². The third-order valence-electron chi connectivity index (χ3n) is 3.69. The number of amides is 1. The Morgan fingerprint density at radius 1 is 1.15 bits per heavy atom. The van der Waals surface area contributed by atoms with Gasteiger partial charge in [0.15, 0.2) is 5.76 Å². The maximum absolute atomic E-state index is 12.5. The summed E-state index contributed by atoms with van der Waals surface area (Å²) in [6.07, 6.45) is 1.42. The molecular weight excluding hydrogens is 370 g/mol. The maximum atomic E-state index is 12.5. The monoisotopic (exact) mass is 387 g/mol. The van der Waals surface area contributed by atoms with Crippen molar-refractivity contribution in [2.75, 3.05) is 12.4 Å². The zero-order valence-electron chi connectivity index (χ0n) is 14.4. The van der Waals surface area contributed by atoms with Crippen LogP contribution in [0.1, 0.15) is 16.1 Å². The highest BCUT2D eigenvalue weighted by Gasteiger charge is 2.17. The Bertz CT molecular complexity index is 1030. The number of ether oxygens (including phenoxy) is 1. The Morgan fingerprint density at radius 2 is 1.96 bits per heavy atom. The molecule has 0 bridgehead atoms. The fourth-order valence-electron chi connectivity index (χ4n) is 2.33. The minimum atomic E-state index is -3.82. The van der Waals surface area contributed by atoms with Crippen molar-refractivity contribution in [3.8, 4) is 5.75 Å². The zero-order valence-corrected chi connectivity index (χ0v) is 15.2. The molecule has 140 valence electrons. The van der Waals surface area contributed by atoms with Gasteiger partial charge in [-0.25, -0.2) is 13.1 Å². The lowest BCUT2D eigenvalue weighted by Gasteiger charge is -2.11. The minimum Gasteiger partial charge on any atom is -0.495 e. The fourth-order valence-corrected chi connectivity index (χ4v) is 3.37. The molecular formula is C18H17N3O5S. The number of para-hydroxylation sites is 2. The Labute approximate surface area is 156 Å². The van der Waals surface area contributed by atoms with E-state index in [0.717, 1.165) is 0 Å². The summed E-state index contributed by atoms with van der Waals surface area (Å²) in [4.78, 5) is 12.5. The highest BCUT2D eigenvalue weighted by Crippen LogP contribution is 2.24. The molecule has 0 aliphatic heterocycles. The minimum absolute atomic E-state index is 0.0327. The smallest absolute Gasteiger partial charge is 0.255 e. The standard InChI is InChI=1S/C18H17N3O5S/c1-25-17-8-3-2-7-16(17)21-18(22)13-5-4-6-15(11-13)27(23,24)20-12-14-9-10-19-26-14/h2-11,20H,12H2,1H3,(H,21,22). The molecule has 0 fully saturated rings. The van der Waals surface area contributed by atoms with Crippen molar-refractivity contribution in [1.82, 2.24) is 9.88 Å². The first-order chi connectivity index (χ1) is 13.0. The van der Waals surface area contributed by atoms with Gasteiger partial charge in [-0.1, -0.05) is 23.4 Å². The summed E-state index contributed by atoms with van der Waals surface area (Å²) in [6.45, 7) is -0.0417. The number of anilines is 1. The summed E-state index contributed by atoms with van der Waals surface area (Å²) in [5.74, 6) is 0.429. The average molecular weight is 387 g/mol. The van der Waals surface area contributed by atoms with Gasteiger partial charge in [0.25, 0.3) is 5.91 Å². The van der Waals surface area contributed by atoms with Crippen LogP contribution < -0.4 is 14.8 Å². The van der Waals surface area contributed by atoms with Gasteiger partial charge in [-0.15, -0.1) is 0 Å². The number of aromatic nitrogens is 1. The second kappa shape index (κ2) is 8.02. The van der Waals surface area contributed by atoms with E-state index in [1.54, 1.807) is 30.3 Å². The molecule has 1 heterocycles. The maximum Gasteiger partial charge on any atom is 0.255 e. The number of nitrogens with one attached hydrogen (secondary N) is 2. The highest BCUT2D eigenvalue weighted by atomic mass is 32.2. The predicted octanol–water partition coefficient (Wildman–Crippen LogP) is 2.41.